The molecule has 0 aromatic heterocycles. The zero-order valence-corrected chi connectivity index (χ0v) is 8.81. The van der Waals surface area contributed by atoms with Gasteiger partial charge in [-0.3, -0.25) is 0 Å². The molecule has 0 unspecified atom stereocenters. The Morgan fingerprint density at radius 3 is 2.46 bits per heavy atom. The Bertz CT molecular complexity index is 361. The van der Waals surface area contributed by atoms with Gasteiger partial charge in [0.15, 0.2) is 0 Å². The van der Waals surface area contributed by atoms with Crippen LogP contribution in [0.4, 0.5) is 0 Å². The van der Waals surface area contributed by atoms with Crippen molar-refractivity contribution in [2.24, 2.45) is 0 Å². The van der Waals surface area contributed by atoms with E-state index >= 15 is 0 Å². The first-order valence-corrected chi connectivity index (χ1v) is 4.53. The van der Waals surface area contributed by atoms with Crippen molar-refractivity contribution in [2.45, 2.75) is 26.2 Å². The van der Waals surface area contributed by atoms with Crippen LogP contribution in [-0.4, -0.2) is 0 Å². The van der Waals surface area contributed by atoms with E-state index in [4.69, 9.17) is 16.9 Å². The van der Waals surface area contributed by atoms with E-state index in [1.165, 1.54) is 0 Å². The average molecular weight is 194 g/mol. The fraction of sp³-hybridized carbons (Fsp3) is 0.364. The molecule has 0 aliphatic rings. The van der Waals surface area contributed by atoms with E-state index in [9.17, 15) is 0 Å². The van der Waals surface area contributed by atoms with E-state index in [2.05, 4.69) is 6.07 Å². The predicted octanol–water partition coefficient (Wildman–Crippen LogP) is 3.45. The lowest BCUT2D eigenvalue weighted by atomic mass is 9.86. The topological polar surface area (TPSA) is 23.8 Å². The van der Waals surface area contributed by atoms with Crippen molar-refractivity contribution in [3.63, 3.8) is 0 Å². The summed E-state index contributed by atoms with van der Waals surface area (Å²) in [5.41, 5.74) is 1.59. The average Bonchev–Trinajstić information content (AvgIpc) is 2.09. The second kappa shape index (κ2) is 3.40. The Kier molecular flexibility index (Phi) is 2.63. The highest BCUT2D eigenvalue weighted by Gasteiger charge is 2.19. The van der Waals surface area contributed by atoms with Crippen LogP contribution in [0.5, 0.6) is 0 Å². The van der Waals surface area contributed by atoms with E-state index in [0.717, 1.165) is 16.1 Å². The van der Waals surface area contributed by atoms with Crippen molar-refractivity contribution in [1.29, 1.82) is 5.26 Å². The van der Waals surface area contributed by atoms with E-state index < -0.39 is 5.41 Å². The van der Waals surface area contributed by atoms with Gasteiger partial charge in [-0.05, 0) is 38.0 Å². The minimum atomic E-state index is -0.435. The minimum absolute atomic E-state index is 0.435. The quantitative estimate of drug-likeness (QED) is 0.670. The van der Waals surface area contributed by atoms with E-state index in [-0.39, 0.29) is 0 Å². The molecule has 1 aromatic carbocycles. The first-order valence-electron chi connectivity index (χ1n) is 4.15. The van der Waals surface area contributed by atoms with E-state index in [0.29, 0.717) is 0 Å². The number of aryl methyl sites for hydroxylation is 1. The summed E-state index contributed by atoms with van der Waals surface area (Å²) in [5.74, 6) is 0. The SMILES string of the molecule is Cc1cc(C(C)(C)C#N)ccc1Cl. The van der Waals surface area contributed by atoms with E-state index in [1.807, 2.05) is 39.0 Å². The molecule has 1 nitrogen and oxygen atoms in total. The van der Waals surface area contributed by atoms with E-state index in [1.54, 1.807) is 0 Å². The van der Waals surface area contributed by atoms with Gasteiger partial charge in [-0.25, -0.2) is 0 Å². The number of benzene rings is 1. The highest BCUT2D eigenvalue weighted by Crippen LogP contribution is 2.25. The van der Waals surface area contributed by atoms with Gasteiger partial charge in [0.1, 0.15) is 0 Å². The molecular weight excluding hydrogens is 182 g/mol. The molecule has 0 spiro atoms. The lowest BCUT2D eigenvalue weighted by Crippen LogP contribution is -2.13. The zero-order valence-electron chi connectivity index (χ0n) is 8.06. The Labute approximate surface area is 84.0 Å². The maximum absolute atomic E-state index is 8.92. The molecule has 0 radical (unpaired) electrons. The number of rotatable bonds is 1. The fourth-order valence-electron chi connectivity index (χ4n) is 1.10. The van der Waals surface area contributed by atoms with Crippen LogP contribution in [0, 0.1) is 18.3 Å². The third-order valence-corrected chi connectivity index (χ3v) is 2.58. The van der Waals surface area contributed by atoms with Crippen molar-refractivity contribution in [2.75, 3.05) is 0 Å². The standard InChI is InChI=1S/C11H12ClN/c1-8-6-9(4-5-10(8)12)11(2,3)7-13/h4-6H,1-3H3. The summed E-state index contributed by atoms with van der Waals surface area (Å²) in [6.45, 7) is 5.74. The van der Waals surface area contributed by atoms with Gasteiger partial charge in [-0.1, -0.05) is 23.7 Å². The molecule has 0 aliphatic carbocycles. The third-order valence-electron chi connectivity index (χ3n) is 2.16. The second-order valence-corrected chi connectivity index (χ2v) is 4.11. The van der Waals surface area contributed by atoms with Crippen LogP contribution in [0.15, 0.2) is 18.2 Å². The highest BCUT2D eigenvalue weighted by molar-refractivity contribution is 6.31. The van der Waals surface area contributed by atoms with Crippen LogP contribution in [0.1, 0.15) is 25.0 Å². The Morgan fingerprint density at radius 2 is 2.00 bits per heavy atom. The van der Waals surface area contributed by atoms with Crippen LogP contribution >= 0.6 is 11.6 Å². The van der Waals surface area contributed by atoms with Crippen molar-refractivity contribution >= 4 is 11.6 Å². The van der Waals surface area contributed by atoms with Gasteiger partial charge in [0.05, 0.1) is 11.5 Å². The zero-order chi connectivity index (χ0) is 10.1. The van der Waals surface area contributed by atoms with Crippen molar-refractivity contribution in [3.8, 4) is 6.07 Å². The summed E-state index contributed by atoms with van der Waals surface area (Å²) < 4.78 is 0. The van der Waals surface area contributed by atoms with Crippen LogP contribution in [-0.2, 0) is 5.41 Å². The number of nitrogens with zero attached hydrogens (tertiary/aromatic N) is 1. The maximum atomic E-state index is 8.92. The molecule has 68 valence electrons. The normalized spacial score (nSPS) is 11.0. The summed E-state index contributed by atoms with van der Waals surface area (Å²) in [7, 11) is 0. The van der Waals surface area contributed by atoms with Gasteiger partial charge in [-0.15, -0.1) is 0 Å². The molecule has 0 N–H and O–H groups in total. The van der Waals surface area contributed by atoms with Crippen LogP contribution < -0.4 is 0 Å². The Morgan fingerprint density at radius 1 is 1.38 bits per heavy atom. The van der Waals surface area contributed by atoms with Gasteiger partial charge in [0.25, 0.3) is 0 Å². The van der Waals surface area contributed by atoms with Crippen molar-refractivity contribution < 1.29 is 0 Å². The molecule has 0 amide bonds. The molecule has 13 heavy (non-hydrogen) atoms. The molecule has 1 rings (SSSR count). The molecule has 0 bridgehead atoms. The molecular formula is C11H12ClN. The Hall–Kier alpha value is -1.000. The summed E-state index contributed by atoms with van der Waals surface area (Å²) in [4.78, 5) is 0. The number of hydrogen-bond acceptors (Lipinski definition) is 1. The predicted molar refractivity (Wildman–Crippen MR) is 54.8 cm³/mol. The van der Waals surface area contributed by atoms with Crippen LogP contribution in [0.3, 0.4) is 0 Å². The largest absolute Gasteiger partial charge is 0.197 e. The number of hydrogen-bond donors (Lipinski definition) is 0. The monoisotopic (exact) mass is 193 g/mol. The molecule has 0 atom stereocenters. The minimum Gasteiger partial charge on any atom is -0.197 e. The molecule has 0 aliphatic heterocycles. The molecule has 0 heterocycles. The highest BCUT2D eigenvalue weighted by atomic mass is 35.5. The molecule has 0 fully saturated rings. The van der Waals surface area contributed by atoms with Gasteiger partial charge in [0.2, 0.25) is 0 Å². The maximum Gasteiger partial charge on any atom is 0.0766 e. The summed E-state index contributed by atoms with van der Waals surface area (Å²) in [6, 6.07) is 7.96. The molecule has 1 aromatic rings. The molecule has 0 saturated heterocycles. The number of nitriles is 1. The smallest absolute Gasteiger partial charge is 0.0766 e. The summed E-state index contributed by atoms with van der Waals surface area (Å²) in [6.07, 6.45) is 0. The third kappa shape index (κ3) is 2.02. The van der Waals surface area contributed by atoms with Crippen molar-refractivity contribution in [3.05, 3.63) is 34.3 Å². The second-order valence-electron chi connectivity index (χ2n) is 3.70. The number of halogens is 1. The van der Waals surface area contributed by atoms with Crippen molar-refractivity contribution in [1.82, 2.24) is 0 Å². The first-order chi connectivity index (χ1) is 5.97. The van der Waals surface area contributed by atoms with Crippen LogP contribution in [0.2, 0.25) is 5.02 Å². The molecule has 2 heteroatoms. The lowest BCUT2D eigenvalue weighted by molar-refractivity contribution is 0.686. The van der Waals surface area contributed by atoms with Gasteiger partial charge >= 0.3 is 0 Å². The van der Waals surface area contributed by atoms with Crippen LogP contribution in [0.25, 0.3) is 0 Å². The van der Waals surface area contributed by atoms with Gasteiger partial charge < -0.3 is 0 Å². The fourth-order valence-corrected chi connectivity index (χ4v) is 1.22. The van der Waals surface area contributed by atoms with Gasteiger partial charge in [0, 0.05) is 5.02 Å². The Balaban J connectivity index is 3.20. The molecule has 0 saturated carbocycles. The summed E-state index contributed by atoms with van der Waals surface area (Å²) in [5, 5.41) is 9.67. The van der Waals surface area contributed by atoms with Gasteiger partial charge in [-0.2, -0.15) is 5.26 Å². The first kappa shape index (κ1) is 10.1. The lowest BCUT2D eigenvalue weighted by Gasteiger charge is -2.16. The summed E-state index contributed by atoms with van der Waals surface area (Å²) >= 11 is 5.89.